The lowest BCUT2D eigenvalue weighted by atomic mass is 9.88. The lowest BCUT2D eigenvalue weighted by Crippen LogP contribution is -2.38. The molecule has 1 aliphatic rings. The van der Waals surface area contributed by atoms with Crippen LogP contribution in [0.4, 0.5) is 0 Å². The molecule has 0 saturated carbocycles. The SMILES string of the molecule is CCc1ccccc1C(=O)N1CCC(c2cccc(CN)c2)CC1. The van der Waals surface area contributed by atoms with Crippen molar-refractivity contribution in [3.8, 4) is 0 Å². The first kappa shape index (κ1) is 16.7. The molecule has 0 unspecified atom stereocenters. The average Bonchev–Trinajstić information content (AvgIpc) is 2.67. The molecule has 0 radical (unpaired) electrons. The van der Waals surface area contributed by atoms with E-state index in [1.165, 1.54) is 11.1 Å². The average molecular weight is 322 g/mol. The van der Waals surface area contributed by atoms with Crippen LogP contribution in [0.5, 0.6) is 0 Å². The van der Waals surface area contributed by atoms with Gasteiger partial charge in [-0.25, -0.2) is 0 Å². The Bertz CT molecular complexity index is 702. The molecular formula is C21H26N2O. The molecule has 1 fully saturated rings. The van der Waals surface area contributed by atoms with Crippen molar-refractivity contribution in [1.29, 1.82) is 0 Å². The van der Waals surface area contributed by atoms with Gasteiger partial charge in [-0.1, -0.05) is 49.4 Å². The molecule has 3 heteroatoms. The van der Waals surface area contributed by atoms with Gasteiger partial charge in [0, 0.05) is 25.2 Å². The molecule has 3 nitrogen and oxygen atoms in total. The van der Waals surface area contributed by atoms with Gasteiger partial charge in [0.05, 0.1) is 0 Å². The van der Waals surface area contributed by atoms with E-state index in [1.807, 2.05) is 23.1 Å². The number of hydrogen-bond donors (Lipinski definition) is 1. The van der Waals surface area contributed by atoms with Crippen LogP contribution < -0.4 is 5.73 Å². The Balaban J connectivity index is 1.67. The number of nitrogens with zero attached hydrogens (tertiary/aromatic N) is 1. The van der Waals surface area contributed by atoms with Crippen molar-refractivity contribution in [3.63, 3.8) is 0 Å². The third kappa shape index (κ3) is 3.51. The normalized spacial score (nSPS) is 15.5. The fourth-order valence-corrected chi connectivity index (χ4v) is 3.60. The predicted octanol–water partition coefficient (Wildman–Crippen LogP) is 3.73. The Hall–Kier alpha value is -2.13. The quantitative estimate of drug-likeness (QED) is 0.932. The summed E-state index contributed by atoms with van der Waals surface area (Å²) in [6.07, 6.45) is 2.94. The summed E-state index contributed by atoms with van der Waals surface area (Å²) in [7, 11) is 0. The highest BCUT2D eigenvalue weighted by molar-refractivity contribution is 5.95. The van der Waals surface area contributed by atoms with Gasteiger partial charge in [-0.3, -0.25) is 4.79 Å². The van der Waals surface area contributed by atoms with Crippen LogP contribution in [0.25, 0.3) is 0 Å². The number of nitrogens with two attached hydrogens (primary N) is 1. The fraction of sp³-hybridized carbons (Fsp3) is 0.381. The molecule has 2 aromatic rings. The number of benzene rings is 2. The monoisotopic (exact) mass is 322 g/mol. The fourth-order valence-electron chi connectivity index (χ4n) is 3.60. The van der Waals surface area contributed by atoms with Crippen molar-refractivity contribution in [2.75, 3.05) is 13.1 Å². The number of carbonyl (C=O) groups excluding carboxylic acids is 1. The number of likely N-dealkylation sites (tertiary alicyclic amines) is 1. The van der Waals surface area contributed by atoms with Crippen LogP contribution in [0.1, 0.15) is 52.7 Å². The maximum Gasteiger partial charge on any atom is 0.254 e. The molecule has 1 amide bonds. The molecule has 24 heavy (non-hydrogen) atoms. The van der Waals surface area contributed by atoms with Gasteiger partial charge in [-0.05, 0) is 47.9 Å². The first-order valence-corrected chi connectivity index (χ1v) is 8.89. The van der Waals surface area contributed by atoms with Gasteiger partial charge in [0.15, 0.2) is 0 Å². The molecule has 0 aliphatic carbocycles. The molecule has 3 rings (SSSR count). The van der Waals surface area contributed by atoms with Gasteiger partial charge in [0.1, 0.15) is 0 Å². The zero-order valence-corrected chi connectivity index (χ0v) is 14.4. The van der Waals surface area contributed by atoms with Crippen LogP contribution >= 0.6 is 0 Å². The molecule has 1 saturated heterocycles. The smallest absolute Gasteiger partial charge is 0.254 e. The van der Waals surface area contributed by atoms with Gasteiger partial charge in [-0.2, -0.15) is 0 Å². The second-order valence-corrected chi connectivity index (χ2v) is 6.53. The van der Waals surface area contributed by atoms with Crippen LogP contribution in [0, 0.1) is 0 Å². The van der Waals surface area contributed by atoms with Crippen molar-refractivity contribution in [2.45, 2.75) is 38.6 Å². The lowest BCUT2D eigenvalue weighted by molar-refractivity contribution is 0.0712. The number of carbonyl (C=O) groups is 1. The van der Waals surface area contributed by atoms with E-state index >= 15 is 0 Å². The Kier molecular flexibility index (Phi) is 5.31. The maximum absolute atomic E-state index is 12.8. The standard InChI is InChI=1S/C21H26N2O/c1-2-17-7-3-4-9-20(17)21(24)23-12-10-18(11-13-23)19-8-5-6-16(14-19)15-22/h3-9,14,18H,2,10-13,15,22H2,1H3. The Morgan fingerprint density at radius 2 is 1.88 bits per heavy atom. The number of hydrogen-bond acceptors (Lipinski definition) is 2. The summed E-state index contributed by atoms with van der Waals surface area (Å²) in [6, 6.07) is 16.5. The van der Waals surface area contributed by atoms with Crippen LogP contribution in [0.3, 0.4) is 0 Å². The van der Waals surface area contributed by atoms with Crippen LogP contribution in [0.2, 0.25) is 0 Å². The van der Waals surface area contributed by atoms with Crippen LogP contribution in [-0.2, 0) is 13.0 Å². The largest absolute Gasteiger partial charge is 0.339 e. The second kappa shape index (κ2) is 7.63. The minimum atomic E-state index is 0.182. The minimum absolute atomic E-state index is 0.182. The predicted molar refractivity (Wildman–Crippen MR) is 98.0 cm³/mol. The van der Waals surface area contributed by atoms with E-state index in [0.717, 1.165) is 43.5 Å². The molecule has 2 N–H and O–H groups in total. The van der Waals surface area contributed by atoms with Crippen LogP contribution in [-0.4, -0.2) is 23.9 Å². The van der Waals surface area contributed by atoms with E-state index in [1.54, 1.807) is 0 Å². The summed E-state index contributed by atoms with van der Waals surface area (Å²) >= 11 is 0. The molecular weight excluding hydrogens is 296 g/mol. The first-order chi connectivity index (χ1) is 11.7. The van der Waals surface area contributed by atoms with Crippen molar-refractivity contribution >= 4 is 5.91 Å². The Labute approximate surface area is 144 Å². The number of rotatable bonds is 4. The molecule has 126 valence electrons. The van der Waals surface area contributed by atoms with E-state index in [9.17, 15) is 4.79 Å². The highest BCUT2D eigenvalue weighted by Crippen LogP contribution is 2.29. The third-order valence-electron chi connectivity index (χ3n) is 5.07. The van der Waals surface area contributed by atoms with E-state index < -0.39 is 0 Å². The van der Waals surface area contributed by atoms with Gasteiger partial charge >= 0.3 is 0 Å². The molecule has 0 bridgehead atoms. The molecule has 2 aromatic carbocycles. The molecule has 1 aliphatic heterocycles. The van der Waals surface area contributed by atoms with Gasteiger partial charge in [-0.15, -0.1) is 0 Å². The summed E-state index contributed by atoms with van der Waals surface area (Å²) in [4.78, 5) is 14.8. The van der Waals surface area contributed by atoms with Crippen LogP contribution in [0.15, 0.2) is 48.5 Å². The Morgan fingerprint density at radius 3 is 2.58 bits per heavy atom. The lowest BCUT2D eigenvalue weighted by Gasteiger charge is -2.33. The summed E-state index contributed by atoms with van der Waals surface area (Å²) in [5.74, 6) is 0.712. The minimum Gasteiger partial charge on any atom is -0.339 e. The first-order valence-electron chi connectivity index (χ1n) is 8.89. The third-order valence-corrected chi connectivity index (χ3v) is 5.07. The second-order valence-electron chi connectivity index (χ2n) is 6.53. The van der Waals surface area contributed by atoms with Crippen molar-refractivity contribution in [3.05, 3.63) is 70.8 Å². The van der Waals surface area contributed by atoms with E-state index in [-0.39, 0.29) is 5.91 Å². The number of amides is 1. The Morgan fingerprint density at radius 1 is 1.12 bits per heavy atom. The van der Waals surface area contributed by atoms with E-state index in [4.69, 9.17) is 5.73 Å². The summed E-state index contributed by atoms with van der Waals surface area (Å²) < 4.78 is 0. The van der Waals surface area contributed by atoms with Crippen molar-refractivity contribution < 1.29 is 4.79 Å². The zero-order valence-electron chi connectivity index (χ0n) is 14.4. The maximum atomic E-state index is 12.8. The molecule has 0 aromatic heterocycles. The highest BCUT2D eigenvalue weighted by atomic mass is 16.2. The number of aryl methyl sites for hydroxylation is 1. The van der Waals surface area contributed by atoms with Gasteiger partial charge in [0.25, 0.3) is 5.91 Å². The molecule has 0 atom stereocenters. The zero-order chi connectivity index (χ0) is 16.9. The van der Waals surface area contributed by atoms with Gasteiger partial charge < -0.3 is 10.6 Å². The molecule has 1 heterocycles. The summed E-state index contributed by atoms with van der Waals surface area (Å²) in [6.45, 7) is 4.34. The van der Waals surface area contributed by atoms with Crippen molar-refractivity contribution in [1.82, 2.24) is 4.90 Å². The van der Waals surface area contributed by atoms with E-state index in [2.05, 4.69) is 37.3 Å². The number of piperidine rings is 1. The highest BCUT2D eigenvalue weighted by Gasteiger charge is 2.25. The summed E-state index contributed by atoms with van der Waals surface area (Å²) in [5, 5.41) is 0. The van der Waals surface area contributed by atoms with E-state index in [0.29, 0.717) is 12.5 Å². The van der Waals surface area contributed by atoms with Crippen molar-refractivity contribution in [2.24, 2.45) is 5.73 Å². The summed E-state index contributed by atoms with van der Waals surface area (Å²) in [5.41, 5.74) is 10.3. The van der Waals surface area contributed by atoms with Gasteiger partial charge in [0.2, 0.25) is 0 Å². The topological polar surface area (TPSA) is 46.3 Å². The molecule has 0 spiro atoms.